The summed E-state index contributed by atoms with van der Waals surface area (Å²) in [5, 5.41) is 17.5. The van der Waals surface area contributed by atoms with Crippen LogP contribution in [0.3, 0.4) is 0 Å². The fourth-order valence-corrected chi connectivity index (χ4v) is 2.13. The molecule has 102 valence electrons. The van der Waals surface area contributed by atoms with E-state index in [1.807, 2.05) is 0 Å². The molecule has 4 nitrogen and oxygen atoms in total. The highest BCUT2D eigenvalue weighted by atomic mass is 32.2. The Labute approximate surface area is 108 Å². The number of aliphatic hydroxyl groups is 2. The quantitative estimate of drug-likeness (QED) is 0.438. The topological polar surface area (TPSA) is 66.8 Å². The zero-order valence-electron chi connectivity index (χ0n) is 10.6. The van der Waals surface area contributed by atoms with Gasteiger partial charge in [0.25, 0.3) is 0 Å². The van der Waals surface area contributed by atoms with Crippen molar-refractivity contribution in [3.05, 3.63) is 0 Å². The van der Waals surface area contributed by atoms with Crippen LogP contribution in [0, 0.1) is 0 Å². The second-order valence-electron chi connectivity index (χ2n) is 3.94. The average Bonchev–Trinajstić information content (AvgIpc) is 2.34. The summed E-state index contributed by atoms with van der Waals surface area (Å²) in [4.78, 5) is 11.2. The first-order valence-electron chi connectivity index (χ1n) is 6.23. The molecule has 5 heteroatoms. The van der Waals surface area contributed by atoms with Gasteiger partial charge in [-0.3, -0.25) is 4.79 Å². The lowest BCUT2D eigenvalue weighted by molar-refractivity contribution is -0.146. The minimum absolute atomic E-state index is 0.115. The summed E-state index contributed by atoms with van der Waals surface area (Å²) in [6.45, 7) is 1.69. The summed E-state index contributed by atoms with van der Waals surface area (Å²) in [6, 6.07) is 0. The predicted octanol–water partition coefficient (Wildman–Crippen LogP) is 1.59. The van der Waals surface area contributed by atoms with Crippen LogP contribution in [0.5, 0.6) is 0 Å². The lowest BCUT2D eigenvalue weighted by Crippen LogP contribution is -2.22. The van der Waals surface area contributed by atoms with Crippen molar-refractivity contribution < 1.29 is 19.7 Å². The smallest absolute Gasteiger partial charge is 0.306 e. The second-order valence-corrected chi connectivity index (χ2v) is 5.17. The van der Waals surface area contributed by atoms with Gasteiger partial charge < -0.3 is 14.9 Å². The van der Waals surface area contributed by atoms with Crippen LogP contribution in [0.2, 0.25) is 0 Å². The third kappa shape index (κ3) is 12.0. The lowest BCUT2D eigenvalue weighted by Gasteiger charge is -2.08. The molecule has 0 aromatic heterocycles. The first kappa shape index (κ1) is 16.7. The van der Waals surface area contributed by atoms with E-state index in [1.165, 1.54) is 25.7 Å². The number of hydrogen-bond donors (Lipinski definition) is 2. The number of rotatable bonds is 11. The molecule has 0 saturated carbocycles. The third-order valence-electron chi connectivity index (χ3n) is 2.24. The molecule has 0 aliphatic heterocycles. The van der Waals surface area contributed by atoms with E-state index < -0.39 is 6.10 Å². The molecule has 0 aromatic carbocycles. The van der Waals surface area contributed by atoms with E-state index in [9.17, 15) is 4.79 Å². The Balaban J connectivity index is 3.22. The van der Waals surface area contributed by atoms with Gasteiger partial charge in [0.2, 0.25) is 0 Å². The molecular weight excluding hydrogens is 240 g/mol. The molecule has 0 radical (unpaired) electrons. The number of carbonyl (C=O) groups is 1. The highest BCUT2D eigenvalue weighted by Crippen LogP contribution is 2.09. The third-order valence-corrected chi connectivity index (χ3v) is 3.31. The van der Waals surface area contributed by atoms with Crippen LogP contribution in [0.4, 0.5) is 0 Å². The summed E-state index contributed by atoms with van der Waals surface area (Å²) in [7, 11) is 0. The minimum atomic E-state index is -0.958. The van der Waals surface area contributed by atoms with E-state index in [0.29, 0.717) is 6.42 Å². The van der Waals surface area contributed by atoms with Crippen molar-refractivity contribution in [1.82, 2.24) is 0 Å². The van der Waals surface area contributed by atoms with E-state index >= 15 is 0 Å². The summed E-state index contributed by atoms with van der Waals surface area (Å²) in [5.74, 6) is 1.55. The van der Waals surface area contributed by atoms with Crippen LogP contribution in [-0.2, 0) is 9.53 Å². The van der Waals surface area contributed by atoms with Gasteiger partial charge in [0, 0.05) is 5.75 Å². The minimum Gasteiger partial charge on any atom is -0.463 e. The monoisotopic (exact) mass is 264 g/mol. The largest absolute Gasteiger partial charge is 0.463 e. The number of carbonyl (C=O) groups excluding carboxylic acids is 1. The van der Waals surface area contributed by atoms with E-state index in [-0.39, 0.29) is 19.2 Å². The first-order chi connectivity index (χ1) is 8.20. The Bertz CT molecular complexity index is 187. The molecule has 0 fully saturated rings. The van der Waals surface area contributed by atoms with Gasteiger partial charge in [0.1, 0.15) is 12.7 Å². The zero-order chi connectivity index (χ0) is 12.9. The van der Waals surface area contributed by atoms with Gasteiger partial charge >= 0.3 is 5.97 Å². The number of esters is 1. The fourth-order valence-electron chi connectivity index (χ4n) is 1.20. The molecule has 17 heavy (non-hydrogen) atoms. The van der Waals surface area contributed by atoms with Gasteiger partial charge in [-0.2, -0.15) is 11.8 Å². The van der Waals surface area contributed by atoms with Crippen molar-refractivity contribution in [3.63, 3.8) is 0 Å². The van der Waals surface area contributed by atoms with Crippen molar-refractivity contribution in [2.75, 3.05) is 24.7 Å². The average molecular weight is 264 g/mol. The van der Waals surface area contributed by atoms with Crippen molar-refractivity contribution in [3.8, 4) is 0 Å². The van der Waals surface area contributed by atoms with E-state index in [0.717, 1.165) is 11.5 Å². The molecule has 0 aliphatic carbocycles. The Morgan fingerprint density at radius 1 is 1.29 bits per heavy atom. The molecule has 0 bridgehead atoms. The van der Waals surface area contributed by atoms with Gasteiger partial charge in [0.15, 0.2) is 0 Å². The van der Waals surface area contributed by atoms with Crippen molar-refractivity contribution in [2.45, 2.75) is 45.1 Å². The van der Waals surface area contributed by atoms with Crippen LogP contribution in [-0.4, -0.2) is 47.0 Å². The molecule has 2 N–H and O–H groups in total. The molecule has 0 aliphatic rings. The maximum atomic E-state index is 11.2. The number of aliphatic hydroxyl groups excluding tert-OH is 2. The lowest BCUT2D eigenvalue weighted by atomic mass is 10.2. The molecule has 0 rings (SSSR count). The van der Waals surface area contributed by atoms with Crippen molar-refractivity contribution in [1.29, 1.82) is 0 Å². The van der Waals surface area contributed by atoms with Gasteiger partial charge in [0.05, 0.1) is 13.0 Å². The van der Waals surface area contributed by atoms with E-state index in [4.69, 9.17) is 14.9 Å². The molecule has 1 unspecified atom stereocenters. The highest BCUT2D eigenvalue weighted by Gasteiger charge is 2.07. The summed E-state index contributed by atoms with van der Waals surface area (Å²) < 4.78 is 4.78. The standard InChI is InChI=1S/C12H24O4S/c1-2-3-4-5-7-17-8-6-12(15)16-10-11(14)9-13/h11,13-14H,2-10H2,1H3. The Hall–Kier alpha value is -0.260. The molecular formula is C12H24O4S. The Morgan fingerprint density at radius 2 is 2.06 bits per heavy atom. The molecule has 0 aromatic rings. The summed E-state index contributed by atoms with van der Waals surface area (Å²) >= 11 is 1.76. The van der Waals surface area contributed by atoms with Crippen LogP contribution in [0.25, 0.3) is 0 Å². The van der Waals surface area contributed by atoms with Crippen LogP contribution in [0.15, 0.2) is 0 Å². The van der Waals surface area contributed by atoms with Crippen molar-refractivity contribution in [2.24, 2.45) is 0 Å². The SMILES string of the molecule is CCCCCCSCCC(=O)OCC(O)CO. The molecule has 0 amide bonds. The van der Waals surface area contributed by atoms with Crippen LogP contribution < -0.4 is 0 Å². The maximum absolute atomic E-state index is 11.2. The first-order valence-corrected chi connectivity index (χ1v) is 7.38. The van der Waals surface area contributed by atoms with Crippen LogP contribution in [0.1, 0.15) is 39.0 Å². The highest BCUT2D eigenvalue weighted by molar-refractivity contribution is 7.99. The van der Waals surface area contributed by atoms with Gasteiger partial charge in [-0.15, -0.1) is 0 Å². The number of thioether (sulfide) groups is 1. The Kier molecular flexibility index (Phi) is 12.0. The van der Waals surface area contributed by atoms with Gasteiger partial charge in [-0.1, -0.05) is 26.2 Å². The van der Waals surface area contributed by atoms with Gasteiger partial charge in [-0.05, 0) is 12.2 Å². The second kappa shape index (κ2) is 12.2. The molecule has 0 saturated heterocycles. The number of unbranched alkanes of at least 4 members (excludes halogenated alkanes) is 3. The molecule has 1 atom stereocenters. The van der Waals surface area contributed by atoms with Crippen molar-refractivity contribution >= 4 is 17.7 Å². The van der Waals surface area contributed by atoms with E-state index in [1.54, 1.807) is 11.8 Å². The summed E-state index contributed by atoms with van der Waals surface area (Å²) in [6.07, 6.45) is 4.40. The number of hydrogen-bond acceptors (Lipinski definition) is 5. The normalized spacial score (nSPS) is 12.4. The Morgan fingerprint density at radius 3 is 2.71 bits per heavy atom. The molecule has 0 spiro atoms. The molecule has 0 heterocycles. The van der Waals surface area contributed by atoms with Gasteiger partial charge in [-0.25, -0.2) is 0 Å². The maximum Gasteiger partial charge on any atom is 0.306 e. The van der Waals surface area contributed by atoms with E-state index in [2.05, 4.69) is 6.92 Å². The fraction of sp³-hybridized carbons (Fsp3) is 0.917. The summed E-state index contributed by atoms with van der Waals surface area (Å²) in [5.41, 5.74) is 0. The zero-order valence-corrected chi connectivity index (χ0v) is 11.4. The van der Waals surface area contributed by atoms with Crippen LogP contribution >= 0.6 is 11.8 Å². The predicted molar refractivity (Wildman–Crippen MR) is 70.1 cm³/mol. The number of ether oxygens (including phenoxy) is 1.